The van der Waals surface area contributed by atoms with Crippen LogP contribution in [0.25, 0.3) is 11.3 Å². The topological polar surface area (TPSA) is 94.4 Å². The van der Waals surface area contributed by atoms with Gasteiger partial charge in [0.1, 0.15) is 11.4 Å². The molecule has 7 nitrogen and oxygen atoms in total. The molecule has 3 N–H and O–H groups in total. The lowest BCUT2D eigenvalue weighted by Gasteiger charge is -2.36. The summed E-state index contributed by atoms with van der Waals surface area (Å²) in [7, 11) is 0. The minimum atomic E-state index is 0.161. The Balaban J connectivity index is 1.71. The fourth-order valence-electron chi connectivity index (χ4n) is 3.56. The van der Waals surface area contributed by atoms with Gasteiger partial charge in [0.15, 0.2) is 0 Å². The van der Waals surface area contributed by atoms with E-state index in [4.69, 9.17) is 0 Å². The number of anilines is 1. The van der Waals surface area contributed by atoms with Crippen LogP contribution in [0.15, 0.2) is 18.3 Å². The maximum Gasteiger partial charge on any atom is 0.242 e. The van der Waals surface area contributed by atoms with Gasteiger partial charge in [-0.1, -0.05) is 6.07 Å². The van der Waals surface area contributed by atoms with Crippen LogP contribution in [-0.2, 0) is 0 Å². The Bertz CT molecular complexity index is 727. The summed E-state index contributed by atoms with van der Waals surface area (Å²) >= 11 is 0. The number of likely N-dealkylation sites (tertiary alicyclic amines) is 1. The molecule has 0 spiro atoms. The molecule has 2 atom stereocenters. The average Bonchev–Trinajstić information content (AvgIpc) is 2.62. The third-order valence-corrected chi connectivity index (χ3v) is 4.95. The summed E-state index contributed by atoms with van der Waals surface area (Å²) in [5, 5.41) is 31.3. The lowest BCUT2D eigenvalue weighted by atomic mass is 10.0. The number of nitrogens with one attached hydrogen (secondary N) is 1. The van der Waals surface area contributed by atoms with Crippen LogP contribution < -0.4 is 5.32 Å². The Morgan fingerprint density at radius 1 is 1.31 bits per heavy atom. The number of hydrogen-bond donors (Lipinski definition) is 3. The molecule has 0 amide bonds. The molecule has 2 heterocycles. The van der Waals surface area contributed by atoms with E-state index in [-0.39, 0.29) is 24.4 Å². The number of nitrogens with zero attached hydrogens (tertiary/aromatic N) is 4. The maximum absolute atomic E-state index is 10.2. The summed E-state index contributed by atoms with van der Waals surface area (Å²) in [4.78, 5) is 6.65. The summed E-state index contributed by atoms with van der Waals surface area (Å²) in [5.41, 5.74) is 3.18. The Labute approximate surface area is 154 Å². The second kappa shape index (κ2) is 7.97. The first kappa shape index (κ1) is 18.5. The highest BCUT2D eigenvalue weighted by Crippen LogP contribution is 2.31. The number of piperidine rings is 1. The molecule has 7 heteroatoms. The average molecular weight is 357 g/mol. The predicted molar refractivity (Wildman–Crippen MR) is 101 cm³/mol. The number of aryl methyl sites for hydroxylation is 2. The molecule has 1 fully saturated rings. The van der Waals surface area contributed by atoms with Crippen LogP contribution in [0.1, 0.15) is 30.9 Å². The zero-order valence-electron chi connectivity index (χ0n) is 15.6. The van der Waals surface area contributed by atoms with Gasteiger partial charge in [-0.05, 0) is 57.4 Å². The molecule has 1 aromatic heterocycles. The Morgan fingerprint density at radius 3 is 2.77 bits per heavy atom. The monoisotopic (exact) mass is 357 g/mol. The van der Waals surface area contributed by atoms with Crippen LogP contribution in [0.3, 0.4) is 0 Å². The van der Waals surface area contributed by atoms with Crippen molar-refractivity contribution >= 4 is 5.95 Å². The van der Waals surface area contributed by atoms with E-state index in [0.717, 1.165) is 37.1 Å². The molecule has 3 rings (SSSR count). The molecular formula is C19H27N5O2. The molecule has 0 saturated carbocycles. The van der Waals surface area contributed by atoms with Crippen molar-refractivity contribution in [2.45, 2.75) is 45.7 Å². The molecule has 0 aliphatic carbocycles. The summed E-state index contributed by atoms with van der Waals surface area (Å²) in [6.07, 6.45) is 3.76. The summed E-state index contributed by atoms with van der Waals surface area (Å²) in [5.74, 6) is 0.682. The normalized spacial score (nSPS) is 19.3. The molecular weight excluding hydrogens is 330 g/mol. The first-order valence-electron chi connectivity index (χ1n) is 9.09. The molecule has 0 bridgehead atoms. The second-order valence-corrected chi connectivity index (χ2v) is 7.15. The fourth-order valence-corrected chi connectivity index (χ4v) is 3.56. The standard InChI is InChI=1S/C19H27N5O2/c1-12-7-13(2)18(17(26)8-12)16-9-20-19(23-22-16)21-15-5-4-6-24(10-15)14(3)11-25/h7-9,14-15,25-26H,4-6,10-11H2,1-3H3,(H,20,21,23). The van der Waals surface area contributed by atoms with Gasteiger partial charge in [-0.15, -0.1) is 10.2 Å². The minimum absolute atomic E-state index is 0.161. The van der Waals surface area contributed by atoms with Crippen molar-refractivity contribution < 1.29 is 10.2 Å². The van der Waals surface area contributed by atoms with Crippen molar-refractivity contribution in [3.63, 3.8) is 0 Å². The van der Waals surface area contributed by atoms with Crippen molar-refractivity contribution in [2.24, 2.45) is 0 Å². The van der Waals surface area contributed by atoms with Crippen LogP contribution in [0.5, 0.6) is 5.75 Å². The third-order valence-electron chi connectivity index (χ3n) is 4.95. The number of rotatable bonds is 5. The molecule has 26 heavy (non-hydrogen) atoms. The zero-order chi connectivity index (χ0) is 18.7. The van der Waals surface area contributed by atoms with E-state index in [1.54, 1.807) is 12.3 Å². The number of aliphatic hydroxyl groups is 1. The zero-order valence-corrected chi connectivity index (χ0v) is 15.6. The Kier molecular flexibility index (Phi) is 5.68. The van der Waals surface area contributed by atoms with E-state index in [2.05, 4.69) is 25.4 Å². The smallest absolute Gasteiger partial charge is 0.242 e. The van der Waals surface area contributed by atoms with Gasteiger partial charge < -0.3 is 15.5 Å². The molecule has 2 aromatic rings. The van der Waals surface area contributed by atoms with Crippen molar-refractivity contribution in [3.05, 3.63) is 29.5 Å². The first-order valence-corrected chi connectivity index (χ1v) is 9.09. The van der Waals surface area contributed by atoms with Gasteiger partial charge in [-0.2, -0.15) is 0 Å². The molecule has 1 saturated heterocycles. The highest BCUT2D eigenvalue weighted by Gasteiger charge is 2.23. The number of aromatic hydroxyl groups is 1. The van der Waals surface area contributed by atoms with Gasteiger partial charge in [-0.3, -0.25) is 4.90 Å². The molecule has 0 radical (unpaired) electrons. The lowest BCUT2D eigenvalue weighted by molar-refractivity contribution is 0.110. The van der Waals surface area contributed by atoms with Crippen molar-refractivity contribution in [3.8, 4) is 17.0 Å². The van der Waals surface area contributed by atoms with E-state index >= 15 is 0 Å². The summed E-state index contributed by atoms with van der Waals surface area (Å²) < 4.78 is 0. The summed E-state index contributed by atoms with van der Waals surface area (Å²) in [6.45, 7) is 7.94. The van der Waals surface area contributed by atoms with E-state index < -0.39 is 0 Å². The van der Waals surface area contributed by atoms with Gasteiger partial charge in [0.2, 0.25) is 5.95 Å². The Morgan fingerprint density at radius 2 is 2.12 bits per heavy atom. The van der Waals surface area contributed by atoms with Crippen LogP contribution in [-0.4, -0.2) is 62.1 Å². The predicted octanol–water partition coefficient (Wildman–Crippen LogP) is 2.12. The highest BCUT2D eigenvalue weighted by atomic mass is 16.3. The van der Waals surface area contributed by atoms with E-state index in [0.29, 0.717) is 17.2 Å². The highest BCUT2D eigenvalue weighted by molar-refractivity contribution is 5.70. The van der Waals surface area contributed by atoms with Crippen molar-refractivity contribution in [2.75, 3.05) is 25.0 Å². The van der Waals surface area contributed by atoms with Gasteiger partial charge in [0.05, 0.1) is 12.8 Å². The molecule has 2 unspecified atom stereocenters. The maximum atomic E-state index is 10.2. The Hall–Kier alpha value is -2.25. The number of aliphatic hydroxyl groups excluding tert-OH is 1. The molecule has 1 aliphatic heterocycles. The lowest BCUT2D eigenvalue weighted by Crippen LogP contribution is -2.47. The van der Waals surface area contributed by atoms with Gasteiger partial charge in [-0.25, -0.2) is 4.98 Å². The number of aromatic nitrogens is 3. The van der Waals surface area contributed by atoms with Crippen molar-refractivity contribution in [1.29, 1.82) is 0 Å². The molecule has 1 aliphatic rings. The van der Waals surface area contributed by atoms with Crippen molar-refractivity contribution in [1.82, 2.24) is 20.1 Å². The number of phenolic OH excluding ortho intramolecular Hbond substituents is 1. The molecule has 1 aromatic carbocycles. The van der Waals surface area contributed by atoms with E-state index in [9.17, 15) is 10.2 Å². The van der Waals surface area contributed by atoms with Crippen LogP contribution in [0.2, 0.25) is 0 Å². The molecule has 140 valence electrons. The van der Waals surface area contributed by atoms with Gasteiger partial charge in [0, 0.05) is 24.2 Å². The second-order valence-electron chi connectivity index (χ2n) is 7.15. The van der Waals surface area contributed by atoms with Gasteiger partial charge >= 0.3 is 0 Å². The number of benzene rings is 1. The number of hydrogen-bond acceptors (Lipinski definition) is 7. The van der Waals surface area contributed by atoms with Gasteiger partial charge in [0.25, 0.3) is 0 Å². The van der Waals surface area contributed by atoms with E-state index in [1.165, 1.54) is 0 Å². The first-order chi connectivity index (χ1) is 12.5. The minimum Gasteiger partial charge on any atom is -0.507 e. The van der Waals surface area contributed by atoms with Crippen LogP contribution in [0.4, 0.5) is 5.95 Å². The number of phenols is 1. The third kappa shape index (κ3) is 4.11. The SMILES string of the molecule is Cc1cc(C)c(-c2cnc(NC3CCCN(C(C)CO)C3)nn2)c(O)c1. The quantitative estimate of drug-likeness (QED) is 0.754. The van der Waals surface area contributed by atoms with E-state index in [1.807, 2.05) is 26.8 Å². The fraction of sp³-hybridized carbons (Fsp3) is 0.526. The van der Waals surface area contributed by atoms with Crippen LogP contribution >= 0.6 is 0 Å². The summed E-state index contributed by atoms with van der Waals surface area (Å²) in [6, 6.07) is 4.12. The largest absolute Gasteiger partial charge is 0.507 e. The van der Waals surface area contributed by atoms with Crippen LogP contribution in [0, 0.1) is 13.8 Å².